The molecule has 0 aromatic heterocycles. The molecule has 1 aliphatic rings. The summed E-state index contributed by atoms with van der Waals surface area (Å²) in [6.45, 7) is 0.534. The Labute approximate surface area is 120 Å². The number of carbonyl (C=O) groups excluding carboxylic acids is 1. The molecule has 0 saturated heterocycles. The molecule has 2 rings (SSSR count). The van der Waals surface area contributed by atoms with Crippen molar-refractivity contribution in [3.8, 4) is 5.75 Å². The number of hydrogen-bond acceptors (Lipinski definition) is 3. The second-order valence-electron chi connectivity index (χ2n) is 5.47. The van der Waals surface area contributed by atoms with Gasteiger partial charge in [0.05, 0.1) is 12.7 Å². The minimum absolute atomic E-state index is 0.124. The molecule has 1 atom stereocenters. The summed E-state index contributed by atoms with van der Waals surface area (Å²) in [5.74, 6) is 0.984. The van der Waals surface area contributed by atoms with Crippen molar-refractivity contribution in [1.82, 2.24) is 4.90 Å². The van der Waals surface area contributed by atoms with Crippen molar-refractivity contribution in [2.75, 3.05) is 20.7 Å². The van der Waals surface area contributed by atoms with Crippen LogP contribution in [-0.4, -0.2) is 36.6 Å². The molecule has 1 N–H and O–H groups in total. The van der Waals surface area contributed by atoms with E-state index >= 15 is 0 Å². The molecular formula is C16H23NO3. The lowest BCUT2D eigenvalue weighted by Crippen LogP contribution is -2.21. The van der Waals surface area contributed by atoms with Gasteiger partial charge in [-0.3, -0.25) is 4.79 Å². The standard InChI is InChI=1S/C16H23NO3/c1-17(2)16(19)10-5-11-20-15-9-4-6-12-13(15)7-3-8-14(12)18/h4,6,9,14,18H,3,5,7-8,10-11H2,1-2H3. The molecule has 1 aromatic carbocycles. The second-order valence-corrected chi connectivity index (χ2v) is 5.47. The molecule has 110 valence electrons. The third kappa shape index (κ3) is 3.51. The molecule has 1 unspecified atom stereocenters. The van der Waals surface area contributed by atoms with Crippen LogP contribution in [-0.2, 0) is 11.2 Å². The number of amides is 1. The number of ether oxygens (including phenoxy) is 1. The fourth-order valence-corrected chi connectivity index (χ4v) is 2.55. The monoisotopic (exact) mass is 277 g/mol. The van der Waals surface area contributed by atoms with Crippen LogP contribution >= 0.6 is 0 Å². The first-order chi connectivity index (χ1) is 9.59. The first kappa shape index (κ1) is 14.9. The van der Waals surface area contributed by atoms with Crippen LogP contribution < -0.4 is 4.74 Å². The van der Waals surface area contributed by atoms with Gasteiger partial charge in [0.1, 0.15) is 5.75 Å². The zero-order valence-corrected chi connectivity index (χ0v) is 12.3. The largest absolute Gasteiger partial charge is 0.493 e. The van der Waals surface area contributed by atoms with Crippen molar-refractivity contribution in [2.24, 2.45) is 0 Å². The van der Waals surface area contributed by atoms with Gasteiger partial charge in [0, 0.05) is 20.5 Å². The third-order valence-electron chi connectivity index (χ3n) is 3.72. The number of nitrogens with zero attached hydrogens (tertiary/aromatic N) is 1. The summed E-state index contributed by atoms with van der Waals surface area (Å²) in [5.41, 5.74) is 2.13. The fraction of sp³-hybridized carbons (Fsp3) is 0.562. The lowest BCUT2D eigenvalue weighted by Gasteiger charge is -2.23. The Morgan fingerprint density at radius 3 is 3.00 bits per heavy atom. The highest BCUT2D eigenvalue weighted by atomic mass is 16.5. The number of carbonyl (C=O) groups is 1. The van der Waals surface area contributed by atoms with E-state index in [9.17, 15) is 9.90 Å². The number of benzene rings is 1. The maximum atomic E-state index is 11.5. The van der Waals surface area contributed by atoms with Gasteiger partial charge in [0.15, 0.2) is 0 Å². The molecule has 1 aromatic rings. The van der Waals surface area contributed by atoms with Crippen LogP contribution in [0.5, 0.6) is 5.75 Å². The van der Waals surface area contributed by atoms with Crippen LogP contribution in [0.3, 0.4) is 0 Å². The van der Waals surface area contributed by atoms with E-state index in [1.54, 1.807) is 19.0 Å². The van der Waals surface area contributed by atoms with Gasteiger partial charge in [0.25, 0.3) is 0 Å². The average molecular weight is 277 g/mol. The van der Waals surface area contributed by atoms with Gasteiger partial charge in [-0.05, 0) is 42.9 Å². The van der Waals surface area contributed by atoms with E-state index in [2.05, 4.69) is 0 Å². The molecular weight excluding hydrogens is 254 g/mol. The van der Waals surface area contributed by atoms with Gasteiger partial charge in [-0.15, -0.1) is 0 Å². The average Bonchev–Trinajstić information content (AvgIpc) is 2.44. The van der Waals surface area contributed by atoms with E-state index in [1.165, 1.54) is 0 Å². The quantitative estimate of drug-likeness (QED) is 0.840. The molecule has 0 saturated carbocycles. The SMILES string of the molecule is CN(C)C(=O)CCCOc1cccc2c1CCCC2O. The van der Waals surface area contributed by atoms with E-state index in [4.69, 9.17) is 4.74 Å². The highest BCUT2D eigenvalue weighted by molar-refractivity contribution is 5.75. The predicted molar refractivity (Wildman–Crippen MR) is 77.8 cm³/mol. The van der Waals surface area contributed by atoms with Crippen molar-refractivity contribution in [3.63, 3.8) is 0 Å². The Kier molecular flexibility index (Phi) is 5.01. The summed E-state index contributed by atoms with van der Waals surface area (Å²) in [7, 11) is 3.52. The highest BCUT2D eigenvalue weighted by Crippen LogP contribution is 2.35. The van der Waals surface area contributed by atoms with Crippen molar-refractivity contribution >= 4 is 5.91 Å². The number of rotatable bonds is 5. The Balaban J connectivity index is 1.91. The minimum Gasteiger partial charge on any atom is -0.493 e. The van der Waals surface area contributed by atoms with Crippen molar-refractivity contribution in [2.45, 2.75) is 38.2 Å². The first-order valence-corrected chi connectivity index (χ1v) is 7.22. The summed E-state index contributed by atoms with van der Waals surface area (Å²) in [4.78, 5) is 13.1. The molecule has 0 heterocycles. The van der Waals surface area contributed by atoms with Crippen LogP contribution in [0.1, 0.15) is 42.9 Å². The molecule has 0 fully saturated rings. The number of aliphatic hydroxyl groups is 1. The lowest BCUT2D eigenvalue weighted by atomic mass is 9.89. The second kappa shape index (κ2) is 6.75. The molecule has 1 aliphatic carbocycles. The lowest BCUT2D eigenvalue weighted by molar-refractivity contribution is -0.128. The molecule has 4 nitrogen and oxygen atoms in total. The molecule has 0 spiro atoms. The predicted octanol–water partition coefficient (Wildman–Crippen LogP) is 2.30. The van der Waals surface area contributed by atoms with E-state index in [0.29, 0.717) is 19.4 Å². The van der Waals surface area contributed by atoms with Gasteiger partial charge in [0.2, 0.25) is 5.91 Å². The number of hydrogen-bond donors (Lipinski definition) is 1. The topological polar surface area (TPSA) is 49.8 Å². The van der Waals surface area contributed by atoms with Gasteiger partial charge < -0.3 is 14.7 Å². The maximum Gasteiger partial charge on any atom is 0.222 e. The molecule has 20 heavy (non-hydrogen) atoms. The molecule has 0 aliphatic heterocycles. The van der Waals surface area contributed by atoms with Crippen LogP contribution in [0.4, 0.5) is 0 Å². The van der Waals surface area contributed by atoms with Gasteiger partial charge >= 0.3 is 0 Å². The zero-order chi connectivity index (χ0) is 14.5. The summed E-state index contributed by atoms with van der Waals surface area (Å²) in [6.07, 6.45) is 3.63. The van der Waals surface area contributed by atoms with Gasteiger partial charge in [-0.25, -0.2) is 0 Å². The number of aliphatic hydroxyl groups excluding tert-OH is 1. The molecule has 0 bridgehead atoms. The highest BCUT2D eigenvalue weighted by Gasteiger charge is 2.20. The number of fused-ring (bicyclic) bond motifs is 1. The van der Waals surface area contributed by atoms with E-state index in [-0.39, 0.29) is 12.0 Å². The van der Waals surface area contributed by atoms with Crippen molar-refractivity contribution in [1.29, 1.82) is 0 Å². The Morgan fingerprint density at radius 1 is 1.45 bits per heavy atom. The first-order valence-electron chi connectivity index (χ1n) is 7.22. The summed E-state index contributed by atoms with van der Waals surface area (Å²) >= 11 is 0. The summed E-state index contributed by atoms with van der Waals surface area (Å²) < 4.78 is 5.80. The Morgan fingerprint density at radius 2 is 2.25 bits per heavy atom. The smallest absolute Gasteiger partial charge is 0.222 e. The Bertz CT molecular complexity index is 471. The van der Waals surface area contributed by atoms with Crippen molar-refractivity contribution in [3.05, 3.63) is 29.3 Å². The maximum absolute atomic E-state index is 11.5. The van der Waals surface area contributed by atoms with Crippen LogP contribution in [0.15, 0.2) is 18.2 Å². The van der Waals surface area contributed by atoms with E-state index in [1.807, 2.05) is 18.2 Å². The third-order valence-corrected chi connectivity index (χ3v) is 3.72. The molecule has 1 amide bonds. The molecule has 4 heteroatoms. The van der Waals surface area contributed by atoms with Crippen LogP contribution in [0, 0.1) is 0 Å². The van der Waals surface area contributed by atoms with Gasteiger partial charge in [-0.1, -0.05) is 12.1 Å². The Hall–Kier alpha value is -1.55. The van der Waals surface area contributed by atoms with E-state index < -0.39 is 0 Å². The summed E-state index contributed by atoms with van der Waals surface area (Å²) in [5, 5.41) is 9.99. The molecule has 0 radical (unpaired) electrons. The van der Waals surface area contributed by atoms with Crippen LogP contribution in [0.2, 0.25) is 0 Å². The van der Waals surface area contributed by atoms with Crippen LogP contribution in [0.25, 0.3) is 0 Å². The zero-order valence-electron chi connectivity index (χ0n) is 12.3. The van der Waals surface area contributed by atoms with Gasteiger partial charge in [-0.2, -0.15) is 0 Å². The normalized spacial score (nSPS) is 17.4. The van der Waals surface area contributed by atoms with E-state index in [0.717, 1.165) is 36.1 Å². The van der Waals surface area contributed by atoms with Crippen molar-refractivity contribution < 1.29 is 14.6 Å². The fourth-order valence-electron chi connectivity index (χ4n) is 2.55. The minimum atomic E-state index is -0.363. The summed E-state index contributed by atoms with van der Waals surface area (Å²) in [6, 6.07) is 5.85.